The van der Waals surface area contributed by atoms with Crippen LogP contribution in [0.3, 0.4) is 0 Å². The summed E-state index contributed by atoms with van der Waals surface area (Å²) in [7, 11) is 0. The minimum absolute atomic E-state index is 0.0956. The van der Waals surface area contributed by atoms with E-state index in [-0.39, 0.29) is 23.8 Å². The summed E-state index contributed by atoms with van der Waals surface area (Å²) in [4.78, 5) is 41.2. The smallest absolute Gasteiger partial charge is 0.319 e. The van der Waals surface area contributed by atoms with Gasteiger partial charge in [-0.3, -0.25) is 9.59 Å². The van der Waals surface area contributed by atoms with Crippen LogP contribution in [-0.4, -0.2) is 66.9 Å². The van der Waals surface area contributed by atoms with Crippen LogP contribution in [0.15, 0.2) is 24.3 Å². The first-order chi connectivity index (χ1) is 13.6. The third-order valence-corrected chi connectivity index (χ3v) is 5.37. The number of nitrogens with one attached hydrogen (secondary N) is 2. The van der Waals surface area contributed by atoms with Gasteiger partial charge in [0.2, 0.25) is 5.91 Å². The van der Waals surface area contributed by atoms with E-state index in [1.54, 1.807) is 24.3 Å². The molecule has 2 aliphatic heterocycles. The molecule has 4 amide bonds. The Kier molecular flexibility index (Phi) is 6.86. The predicted octanol–water partition coefficient (Wildman–Crippen LogP) is 1.24. The molecule has 8 nitrogen and oxygen atoms in total. The van der Waals surface area contributed by atoms with Crippen LogP contribution in [-0.2, 0) is 4.79 Å². The lowest BCUT2D eigenvalue weighted by molar-refractivity contribution is -0.121. The van der Waals surface area contributed by atoms with Crippen molar-refractivity contribution in [2.24, 2.45) is 11.7 Å². The van der Waals surface area contributed by atoms with Crippen molar-refractivity contribution in [2.45, 2.75) is 25.7 Å². The van der Waals surface area contributed by atoms with E-state index in [0.29, 0.717) is 50.3 Å². The van der Waals surface area contributed by atoms with E-state index in [2.05, 4.69) is 10.6 Å². The highest BCUT2D eigenvalue weighted by molar-refractivity contribution is 6.04. The molecule has 0 aromatic heterocycles. The van der Waals surface area contributed by atoms with Gasteiger partial charge in [-0.05, 0) is 37.8 Å². The zero-order valence-electron chi connectivity index (χ0n) is 16.2. The number of likely N-dealkylation sites (tertiary alicyclic amines) is 2. The maximum atomic E-state index is 12.7. The molecule has 28 heavy (non-hydrogen) atoms. The van der Waals surface area contributed by atoms with Gasteiger partial charge in [-0.15, -0.1) is 0 Å². The van der Waals surface area contributed by atoms with E-state index in [4.69, 9.17) is 5.73 Å². The molecular weight excluding hydrogens is 358 g/mol. The molecule has 2 heterocycles. The second kappa shape index (κ2) is 9.54. The van der Waals surface area contributed by atoms with Gasteiger partial charge in [0.1, 0.15) is 0 Å². The summed E-state index contributed by atoms with van der Waals surface area (Å²) in [6.45, 7) is 3.59. The number of piperidine rings is 1. The Hall–Kier alpha value is -2.61. The topological polar surface area (TPSA) is 108 Å². The Labute approximate surface area is 165 Å². The average Bonchev–Trinajstić information content (AvgIpc) is 3.27. The summed E-state index contributed by atoms with van der Waals surface area (Å²) < 4.78 is 0. The largest absolute Gasteiger partial charge is 0.351 e. The Balaban J connectivity index is 1.55. The van der Waals surface area contributed by atoms with Crippen molar-refractivity contribution in [3.63, 3.8) is 0 Å². The van der Waals surface area contributed by atoms with Crippen LogP contribution in [0, 0.1) is 5.92 Å². The number of carbonyl (C=O) groups excluding carboxylic acids is 3. The standard InChI is InChI=1S/C20H29N5O3/c21-9-10-22-19(27)16-5-1-2-6-17(16)23-18(26)15-7-13-25(14-8-15)20(28)24-11-3-4-12-24/h1-2,5-6,15H,3-4,7-14,21H2,(H,22,27)(H,23,26). The van der Waals surface area contributed by atoms with E-state index in [9.17, 15) is 14.4 Å². The predicted molar refractivity (Wildman–Crippen MR) is 107 cm³/mol. The van der Waals surface area contributed by atoms with Crippen molar-refractivity contribution in [3.05, 3.63) is 29.8 Å². The minimum Gasteiger partial charge on any atom is -0.351 e. The van der Waals surface area contributed by atoms with Crippen LogP contribution in [0.2, 0.25) is 0 Å². The van der Waals surface area contributed by atoms with Crippen LogP contribution >= 0.6 is 0 Å². The van der Waals surface area contributed by atoms with Gasteiger partial charge < -0.3 is 26.2 Å². The van der Waals surface area contributed by atoms with Gasteiger partial charge in [-0.1, -0.05) is 12.1 Å². The highest BCUT2D eigenvalue weighted by atomic mass is 16.2. The van der Waals surface area contributed by atoms with Crippen LogP contribution in [0.25, 0.3) is 0 Å². The third kappa shape index (κ3) is 4.81. The average molecular weight is 387 g/mol. The van der Waals surface area contributed by atoms with Crippen LogP contribution in [0.1, 0.15) is 36.0 Å². The number of anilines is 1. The lowest BCUT2D eigenvalue weighted by Crippen LogP contribution is -2.47. The number of amides is 4. The molecule has 152 valence electrons. The van der Waals surface area contributed by atoms with Gasteiger partial charge in [0.15, 0.2) is 0 Å². The summed E-state index contributed by atoms with van der Waals surface area (Å²) in [6.07, 6.45) is 3.41. The zero-order valence-corrected chi connectivity index (χ0v) is 16.2. The molecule has 0 saturated carbocycles. The van der Waals surface area contributed by atoms with Gasteiger partial charge in [-0.2, -0.15) is 0 Å². The fourth-order valence-electron chi connectivity index (χ4n) is 3.75. The molecule has 1 aromatic carbocycles. The van der Waals surface area contributed by atoms with Crippen molar-refractivity contribution in [2.75, 3.05) is 44.6 Å². The number of hydrogen-bond donors (Lipinski definition) is 3. The molecule has 0 atom stereocenters. The summed E-state index contributed by atoms with van der Waals surface area (Å²) in [6, 6.07) is 7.04. The molecule has 0 radical (unpaired) electrons. The van der Waals surface area contributed by atoms with Crippen molar-refractivity contribution in [1.29, 1.82) is 0 Å². The normalized spacial score (nSPS) is 17.5. The first-order valence-electron chi connectivity index (χ1n) is 10.0. The number of hydrogen-bond acceptors (Lipinski definition) is 4. The first kappa shape index (κ1) is 20.1. The Bertz CT molecular complexity index is 710. The molecule has 0 spiro atoms. The van der Waals surface area contributed by atoms with Crippen molar-refractivity contribution < 1.29 is 14.4 Å². The number of nitrogens with zero attached hydrogens (tertiary/aromatic N) is 2. The molecule has 0 bridgehead atoms. The molecule has 2 fully saturated rings. The number of nitrogens with two attached hydrogens (primary N) is 1. The monoisotopic (exact) mass is 387 g/mol. The summed E-state index contributed by atoms with van der Waals surface area (Å²) in [5, 5.41) is 5.61. The van der Waals surface area contributed by atoms with E-state index >= 15 is 0 Å². The van der Waals surface area contributed by atoms with Gasteiger partial charge in [0, 0.05) is 45.2 Å². The third-order valence-electron chi connectivity index (χ3n) is 5.37. The number of urea groups is 1. The molecule has 0 unspecified atom stereocenters. The molecule has 1 aromatic rings. The van der Waals surface area contributed by atoms with Crippen molar-refractivity contribution >= 4 is 23.5 Å². The van der Waals surface area contributed by atoms with E-state index < -0.39 is 0 Å². The Morgan fingerprint density at radius 3 is 2.32 bits per heavy atom. The minimum atomic E-state index is -0.257. The zero-order chi connectivity index (χ0) is 19.9. The SMILES string of the molecule is NCCNC(=O)c1ccccc1NC(=O)C1CCN(C(=O)N2CCCC2)CC1. The van der Waals surface area contributed by atoms with Crippen molar-refractivity contribution in [3.8, 4) is 0 Å². The maximum absolute atomic E-state index is 12.7. The van der Waals surface area contributed by atoms with Crippen molar-refractivity contribution in [1.82, 2.24) is 15.1 Å². The summed E-state index contributed by atoms with van der Waals surface area (Å²) in [5.74, 6) is -0.525. The molecule has 2 saturated heterocycles. The maximum Gasteiger partial charge on any atom is 0.319 e. The number of para-hydroxylation sites is 1. The molecule has 8 heteroatoms. The van der Waals surface area contributed by atoms with E-state index in [0.717, 1.165) is 25.9 Å². The van der Waals surface area contributed by atoms with E-state index in [1.807, 2.05) is 9.80 Å². The molecule has 4 N–H and O–H groups in total. The van der Waals surface area contributed by atoms with Crippen LogP contribution in [0.5, 0.6) is 0 Å². The Morgan fingerprint density at radius 1 is 1.00 bits per heavy atom. The highest BCUT2D eigenvalue weighted by Crippen LogP contribution is 2.23. The first-order valence-corrected chi connectivity index (χ1v) is 10.0. The number of carbonyl (C=O) groups is 3. The number of benzene rings is 1. The van der Waals surface area contributed by atoms with Crippen LogP contribution < -0.4 is 16.4 Å². The van der Waals surface area contributed by atoms with Gasteiger partial charge >= 0.3 is 6.03 Å². The fraction of sp³-hybridized carbons (Fsp3) is 0.550. The molecule has 0 aliphatic carbocycles. The summed E-state index contributed by atoms with van der Waals surface area (Å²) >= 11 is 0. The lowest BCUT2D eigenvalue weighted by atomic mass is 9.95. The second-order valence-electron chi connectivity index (χ2n) is 7.32. The summed E-state index contributed by atoms with van der Waals surface area (Å²) in [5.41, 5.74) is 6.35. The highest BCUT2D eigenvalue weighted by Gasteiger charge is 2.30. The quantitative estimate of drug-likeness (QED) is 0.706. The van der Waals surface area contributed by atoms with E-state index in [1.165, 1.54) is 0 Å². The van der Waals surface area contributed by atoms with Crippen LogP contribution in [0.4, 0.5) is 10.5 Å². The second-order valence-corrected chi connectivity index (χ2v) is 7.32. The fourth-order valence-corrected chi connectivity index (χ4v) is 3.75. The van der Waals surface area contributed by atoms with Gasteiger partial charge in [0.05, 0.1) is 11.3 Å². The lowest BCUT2D eigenvalue weighted by Gasteiger charge is -2.34. The van der Waals surface area contributed by atoms with Gasteiger partial charge in [-0.25, -0.2) is 4.79 Å². The molecule has 2 aliphatic rings. The molecular formula is C20H29N5O3. The Morgan fingerprint density at radius 2 is 1.64 bits per heavy atom. The van der Waals surface area contributed by atoms with Gasteiger partial charge in [0.25, 0.3) is 5.91 Å². The number of rotatable bonds is 5. The molecule has 3 rings (SSSR count).